The molecule has 566 valence electrons. The van der Waals surface area contributed by atoms with Gasteiger partial charge < -0.3 is 33.8 Å². The molecular formula is C77H146O17P2. The third-order valence-electron chi connectivity index (χ3n) is 17.4. The third-order valence-corrected chi connectivity index (χ3v) is 19.4. The second kappa shape index (κ2) is 71.0. The predicted molar refractivity (Wildman–Crippen MR) is 391 cm³/mol. The van der Waals surface area contributed by atoms with Crippen LogP contribution in [0.15, 0.2) is 24.3 Å². The minimum atomic E-state index is -4.96. The van der Waals surface area contributed by atoms with Crippen molar-refractivity contribution >= 4 is 39.5 Å². The normalized spacial score (nSPS) is 14.0. The van der Waals surface area contributed by atoms with Crippen LogP contribution in [0.2, 0.25) is 0 Å². The smallest absolute Gasteiger partial charge is 0.462 e. The fraction of sp³-hybridized carbons (Fsp3) is 0.896. The molecule has 0 aliphatic rings. The van der Waals surface area contributed by atoms with E-state index in [-0.39, 0.29) is 25.7 Å². The number of rotatable bonds is 76. The van der Waals surface area contributed by atoms with Gasteiger partial charge in [-0.1, -0.05) is 328 Å². The standard InChI is InChI=1S/C77H146O17P2/c1-5-9-13-17-21-25-29-33-35-39-41-45-49-53-57-61-74(79)87-67-72(93-76(81)63-59-55-51-47-43-37-31-27-23-19-15-11-7-3)69-91-95(83,84)89-65-71(78)66-90-96(85,86)92-70-73(94-77(82)64-60-56-52-48-44-38-32-28-24-20-16-12-8-4)68-88-75(80)62-58-54-50-46-42-40-36-34-30-26-22-18-14-10-6-2/h21,25,33,35,71-73,78H,5-20,22-24,26-32,34,36-70H2,1-4H3,(H,83,84)(H,85,86)/b25-21-,35-33-. The summed E-state index contributed by atoms with van der Waals surface area (Å²) in [5.74, 6) is -2.14. The van der Waals surface area contributed by atoms with Crippen molar-refractivity contribution in [2.24, 2.45) is 0 Å². The number of phosphoric ester groups is 2. The summed E-state index contributed by atoms with van der Waals surface area (Å²) in [6, 6.07) is 0. The van der Waals surface area contributed by atoms with Crippen molar-refractivity contribution in [2.45, 2.75) is 406 Å². The first-order valence-electron chi connectivity index (χ1n) is 39.6. The molecule has 0 amide bonds. The number of aliphatic hydroxyl groups is 1. The van der Waals surface area contributed by atoms with Crippen molar-refractivity contribution in [3.8, 4) is 0 Å². The van der Waals surface area contributed by atoms with Crippen LogP contribution in [0, 0.1) is 0 Å². The summed E-state index contributed by atoms with van der Waals surface area (Å²) in [5.41, 5.74) is 0. The van der Waals surface area contributed by atoms with E-state index in [1.807, 2.05) is 0 Å². The van der Waals surface area contributed by atoms with E-state index in [1.54, 1.807) is 0 Å². The van der Waals surface area contributed by atoms with Gasteiger partial charge in [0.05, 0.1) is 26.4 Å². The Morgan fingerprint density at radius 2 is 0.510 bits per heavy atom. The summed E-state index contributed by atoms with van der Waals surface area (Å²) in [5, 5.41) is 10.6. The van der Waals surface area contributed by atoms with Crippen molar-refractivity contribution in [1.82, 2.24) is 0 Å². The van der Waals surface area contributed by atoms with Gasteiger partial charge in [0.1, 0.15) is 19.3 Å². The molecule has 5 atom stereocenters. The number of hydrogen-bond acceptors (Lipinski definition) is 15. The molecule has 0 radical (unpaired) electrons. The van der Waals surface area contributed by atoms with Gasteiger partial charge in [0, 0.05) is 25.7 Å². The molecule has 0 heterocycles. The predicted octanol–water partition coefficient (Wildman–Crippen LogP) is 22.6. The molecular weight excluding hydrogens is 1260 g/mol. The van der Waals surface area contributed by atoms with Crippen molar-refractivity contribution in [2.75, 3.05) is 39.6 Å². The van der Waals surface area contributed by atoms with E-state index in [4.69, 9.17) is 37.0 Å². The molecule has 0 spiro atoms. The average molecular weight is 1410 g/mol. The zero-order chi connectivity index (χ0) is 70.4. The Balaban J connectivity index is 5.28. The molecule has 3 N–H and O–H groups in total. The van der Waals surface area contributed by atoms with Gasteiger partial charge in [-0.3, -0.25) is 37.3 Å². The van der Waals surface area contributed by atoms with Crippen LogP contribution in [-0.2, 0) is 65.4 Å². The lowest BCUT2D eigenvalue weighted by Gasteiger charge is -2.21. The lowest BCUT2D eigenvalue weighted by molar-refractivity contribution is -0.161. The van der Waals surface area contributed by atoms with Gasteiger partial charge in [-0.2, -0.15) is 0 Å². The van der Waals surface area contributed by atoms with Gasteiger partial charge in [-0.15, -0.1) is 0 Å². The van der Waals surface area contributed by atoms with Crippen LogP contribution < -0.4 is 0 Å². The zero-order valence-electron chi connectivity index (χ0n) is 61.8. The summed E-state index contributed by atoms with van der Waals surface area (Å²) in [6.45, 7) is 4.94. The minimum absolute atomic E-state index is 0.102. The molecule has 19 heteroatoms. The molecule has 0 bridgehead atoms. The molecule has 0 saturated heterocycles. The summed E-state index contributed by atoms with van der Waals surface area (Å²) >= 11 is 0. The van der Waals surface area contributed by atoms with Gasteiger partial charge in [0.25, 0.3) is 0 Å². The number of hydrogen-bond donors (Lipinski definition) is 3. The summed E-state index contributed by atoms with van der Waals surface area (Å²) in [6.07, 6.45) is 64.4. The molecule has 0 aliphatic heterocycles. The molecule has 0 rings (SSSR count). The van der Waals surface area contributed by atoms with Crippen LogP contribution in [0.4, 0.5) is 0 Å². The third kappa shape index (κ3) is 70.0. The van der Waals surface area contributed by atoms with Gasteiger partial charge in [0.2, 0.25) is 0 Å². The molecule has 0 aliphatic carbocycles. The van der Waals surface area contributed by atoms with E-state index >= 15 is 0 Å². The first-order chi connectivity index (χ1) is 46.7. The molecule has 17 nitrogen and oxygen atoms in total. The second-order valence-corrected chi connectivity index (χ2v) is 29.9. The fourth-order valence-corrected chi connectivity index (χ4v) is 13.0. The van der Waals surface area contributed by atoms with Crippen LogP contribution in [0.3, 0.4) is 0 Å². The van der Waals surface area contributed by atoms with E-state index in [9.17, 15) is 43.2 Å². The Morgan fingerprint density at radius 3 is 0.792 bits per heavy atom. The van der Waals surface area contributed by atoms with E-state index in [2.05, 4.69) is 52.0 Å². The molecule has 0 saturated carbocycles. The molecule has 0 aromatic heterocycles. The van der Waals surface area contributed by atoms with E-state index in [0.29, 0.717) is 25.7 Å². The van der Waals surface area contributed by atoms with Gasteiger partial charge in [-0.05, 0) is 57.8 Å². The van der Waals surface area contributed by atoms with E-state index < -0.39 is 97.5 Å². The lowest BCUT2D eigenvalue weighted by Crippen LogP contribution is -2.30. The molecule has 96 heavy (non-hydrogen) atoms. The Kier molecular flexibility index (Phi) is 69.1. The molecule has 0 fully saturated rings. The number of carbonyl (C=O) groups excluding carboxylic acids is 4. The highest BCUT2D eigenvalue weighted by atomic mass is 31.2. The number of allylic oxidation sites excluding steroid dienone is 4. The maximum atomic E-state index is 13.1. The first-order valence-corrected chi connectivity index (χ1v) is 42.6. The van der Waals surface area contributed by atoms with Crippen molar-refractivity contribution < 1.29 is 80.2 Å². The maximum absolute atomic E-state index is 13.1. The Hall–Kier alpha value is -2.46. The largest absolute Gasteiger partial charge is 0.472 e. The Bertz CT molecular complexity index is 1920. The molecule has 5 unspecified atom stereocenters. The van der Waals surface area contributed by atoms with Crippen LogP contribution in [0.25, 0.3) is 0 Å². The number of carbonyl (C=O) groups is 4. The number of ether oxygens (including phenoxy) is 4. The van der Waals surface area contributed by atoms with Gasteiger partial charge >= 0.3 is 39.5 Å². The summed E-state index contributed by atoms with van der Waals surface area (Å²) in [4.78, 5) is 72.9. The van der Waals surface area contributed by atoms with Crippen LogP contribution >= 0.6 is 15.6 Å². The van der Waals surface area contributed by atoms with Crippen molar-refractivity contribution in [3.05, 3.63) is 24.3 Å². The monoisotopic (exact) mass is 1410 g/mol. The van der Waals surface area contributed by atoms with E-state index in [0.717, 1.165) is 116 Å². The summed E-state index contributed by atoms with van der Waals surface area (Å²) < 4.78 is 68.6. The second-order valence-electron chi connectivity index (χ2n) is 27.0. The Morgan fingerprint density at radius 1 is 0.292 bits per heavy atom. The topological polar surface area (TPSA) is 237 Å². The first kappa shape index (κ1) is 93.5. The fourth-order valence-electron chi connectivity index (χ4n) is 11.4. The number of esters is 4. The van der Waals surface area contributed by atoms with Gasteiger partial charge in [0.15, 0.2) is 12.2 Å². The van der Waals surface area contributed by atoms with Crippen LogP contribution in [0.1, 0.15) is 387 Å². The van der Waals surface area contributed by atoms with Crippen molar-refractivity contribution in [3.63, 3.8) is 0 Å². The van der Waals surface area contributed by atoms with Crippen LogP contribution in [0.5, 0.6) is 0 Å². The SMILES string of the molecule is CCCCC/C=C\C/C=C\CCCCCCCC(=O)OCC(COP(=O)(O)OCC(O)COP(=O)(O)OCC(COC(=O)CCCCCCCCCCCCCCCCC)OC(=O)CCCCCCCCCCCCCCC)OC(=O)CCCCCCCCCCCCCCC. The highest BCUT2D eigenvalue weighted by molar-refractivity contribution is 7.47. The Labute approximate surface area is 586 Å². The lowest BCUT2D eigenvalue weighted by atomic mass is 10.0. The minimum Gasteiger partial charge on any atom is -0.462 e. The van der Waals surface area contributed by atoms with E-state index in [1.165, 1.54) is 193 Å². The zero-order valence-corrected chi connectivity index (χ0v) is 63.6. The number of unbranched alkanes of at least 4 members (excludes halogenated alkanes) is 46. The quantitative estimate of drug-likeness (QED) is 0.0169. The molecule has 0 aromatic rings. The number of aliphatic hydroxyl groups excluding tert-OH is 1. The van der Waals surface area contributed by atoms with Gasteiger partial charge in [-0.25, -0.2) is 9.13 Å². The maximum Gasteiger partial charge on any atom is 0.472 e. The highest BCUT2D eigenvalue weighted by Gasteiger charge is 2.30. The van der Waals surface area contributed by atoms with Crippen molar-refractivity contribution in [1.29, 1.82) is 0 Å². The summed E-state index contributed by atoms with van der Waals surface area (Å²) in [7, 11) is -9.92. The molecule has 0 aromatic carbocycles. The highest BCUT2D eigenvalue weighted by Crippen LogP contribution is 2.45. The average Bonchev–Trinajstić information content (AvgIpc) is 1.14. The number of phosphoric acid groups is 2. The van der Waals surface area contributed by atoms with Crippen LogP contribution in [-0.4, -0.2) is 96.7 Å².